The van der Waals surface area contributed by atoms with E-state index in [1.54, 1.807) is 24.4 Å². The van der Waals surface area contributed by atoms with Gasteiger partial charge in [-0.15, -0.1) is 0 Å². The van der Waals surface area contributed by atoms with Crippen LogP contribution in [0.3, 0.4) is 0 Å². The van der Waals surface area contributed by atoms with Gasteiger partial charge in [0.2, 0.25) is 0 Å². The average molecular weight is 235 g/mol. The van der Waals surface area contributed by atoms with Crippen LogP contribution in [0.1, 0.15) is 18.1 Å². The van der Waals surface area contributed by atoms with E-state index in [4.69, 9.17) is 5.11 Å². The SMILES string of the molecule is O=C(O)CC(O)C(O)c1ccc2[nH]ccc2c1. The molecule has 1 aromatic carbocycles. The number of H-pyrrole nitrogens is 1. The number of aliphatic carboxylic acids is 1. The summed E-state index contributed by atoms with van der Waals surface area (Å²) in [7, 11) is 0. The number of carbonyl (C=O) groups is 1. The number of aromatic amines is 1. The number of nitrogens with one attached hydrogen (secondary N) is 1. The molecule has 1 heterocycles. The van der Waals surface area contributed by atoms with Crippen LogP contribution >= 0.6 is 0 Å². The second kappa shape index (κ2) is 4.57. The van der Waals surface area contributed by atoms with Crippen molar-refractivity contribution in [2.75, 3.05) is 0 Å². The Bertz CT molecular complexity index is 534. The minimum atomic E-state index is -1.30. The third kappa shape index (κ3) is 2.46. The number of fused-ring (bicyclic) bond motifs is 1. The van der Waals surface area contributed by atoms with Crippen molar-refractivity contribution in [2.45, 2.75) is 18.6 Å². The van der Waals surface area contributed by atoms with Crippen LogP contribution in [-0.2, 0) is 4.79 Å². The van der Waals surface area contributed by atoms with Crippen LogP contribution < -0.4 is 0 Å². The van der Waals surface area contributed by atoms with Gasteiger partial charge in [0.15, 0.2) is 0 Å². The quantitative estimate of drug-likeness (QED) is 0.637. The predicted molar refractivity (Wildman–Crippen MR) is 61.5 cm³/mol. The van der Waals surface area contributed by atoms with Crippen LogP contribution in [0.5, 0.6) is 0 Å². The molecule has 2 atom stereocenters. The molecule has 0 radical (unpaired) electrons. The van der Waals surface area contributed by atoms with E-state index in [9.17, 15) is 15.0 Å². The Morgan fingerprint density at radius 2 is 2.06 bits per heavy atom. The molecular formula is C12H13NO4. The summed E-state index contributed by atoms with van der Waals surface area (Å²) in [5.41, 5.74) is 1.43. The van der Waals surface area contributed by atoms with Crippen LogP contribution in [0.25, 0.3) is 10.9 Å². The Labute approximate surface area is 97.3 Å². The van der Waals surface area contributed by atoms with Gasteiger partial charge in [-0.1, -0.05) is 6.07 Å². The van der Waals surface area contributed by atoms with Gasteiger partial charge in [0.25, 0.3) is 0 Å². The standard InChI is InChI=1S/C12H13NO4/c14-10(6-11(15)16)12(17)8-1-2-9-7(5-8)3-4-13-9/h1-5,10,12-14,17H,6H2,(H,15,16). The molecule has 0 spiro atoms. The third-order valence-electron chi connectivity index (χ3n) is 2.67. The van der Waals surface area contributed by atoms with Crippen LogP contribution in [0.4, 0.5) is 0 Å². The van der Waals surface area contributed by atoms with E-state index in [0.29, 0.717) is 5.56 Å². The smallest absolute Gasteiger partial charge is 0.306 e. The van der Waals surface area contributed by atoms with Gasteiger partial charge in [0.1, 0.15) is 6.10 Å². The first-order valence-electron chi connectivity index (χ1n) is 5.23. The molecule has 0 aliphatic rings. The zero-order valence-corrected chi connectivity index (χ0v) is 9.00. The molecule has 1 aromatic heterocycles. The average Bonchev–Trinajstić information content (AvgIpc) is 2.73. The molecule has 2 aromatic rings. The van der Waals surface area contributed by atoms with Crippen molar-refractivity contribution < 1.29 is 20.1 Å². The van der Waals surface area contributed by atoms with Gasteiger partial charge in [0.05, 0.1) is 12.5 Å². The second-order valence-corrected chi connectivity index (χ2v) is 3.93. The number of aliphatic hydroxyl groups excluding tert-OH is 2. The highest BCUT2D eigenvalue weighted by atomic mass is 16.4. The first-order valence-corrected chi connectivity index (χ1v) is 5.23. The molecule has 5 nitrogen and oxygen atoms in total. The van der Waals surface area contributed by atoms with Crippen molar-refractivity contribution in [3.8, 4) is 0 Å². The van der Waals surface area contributed by atoms with E-state index >= 15 is 0 Å². The van der Waals surface area contributed by atoms with E-state index in [-0.39, 0.29) is 0 Å². The molecule has 4 N–H and O–H groups in total. The number of rotatable bonds is 4. The Hall–Kier alpha value is -1.85. The Kier molecular flexibility index (Phi) is 3.12. The first-order chi connectivity index (χ1) is 8.08. The largest absolute Gasteiger partial charge is 0.481 e. The summed E-state index contributed by atoms with van der Waals surface area (Å²) in [5, 5.41) is 28.8. The Balaban J connectivity index is 2.23. The summed E-state index contributed by atoms with van der Waals surface area (Å²) in [6.07, 6.45) is -1.20. The molecule has 90 valence electrons. The number of hydrogen-bond acceptors (Lipinski definition) is 3. The molecule has 17 heavy (non-hydrogen) atoms. The summed E-state index contributed by atoms with van der Waals surface area (Å²) in [6.45, 7) is 0. The summed E-state index contributed by atoms with van der Waals surface area (Å²) >= 11 is 0. The summed E-state index contributed by atoms with van der Waals surface area (Å²) < 4.78 is 0. The Morgan fingerprint density at radius 1 is 1.29 bits per heavy atom. The van der Waals surface area contributed by atoms with E-state index in [0.717, 1.165) is 10.9 Å². The maximum absolute atomic E-state index is 10.4. The lowest BCUT2D eigenvalue weighted by Crippen LogP contribution is -2.21. The molecule has 5 heteroatoms. The highest BCUT2D eigenvalue weighted by Gasteiger charge is 2.21. The van der Waals surface area contributed by atoms with Crippen molar-refractivity contribution in [1.29, 1.82) is 0 Å². The van der Waals surface area contributed by atoms with Crippen LogP contribution in [-0.4, -0.2) is 32.4 Å². The van der Waals surface area contributed by atoms with Crippen molar-refractivity contribution in [2.24, 2.45) is 0 Å². The minimum Gasteiger partial charge on any atom is -0.481 e. The molecule has 2 rings (SSSR count). The number of benzene rings is 1. The highest BCUT2D eigenvalue weighted by molar-refractivity contribution is 5.80. The molecule has 0 saturated carbocycles. The van der Waals surface area contributed by atoms with Gasteiger partial charge in [0, 0.05) is 11.7 Å². The van der Waals surface area contributed by atoms with Crippen LogP contribution in [0, 0.1) is 0 Å². The number of carboxylic acids is 1. The molecular weight excluding hydrogens is 222 g/mol. The second-order valence-electron chi connectivity index (χ2n) is 3.93. The number of hydrogen-bond donors (Lipinski definition) is 4. The topological polar surface area (TPSA) is 93.6 Å². The molecule has 0 bridgehead atoms. The van der Waals surface area contributed by atoms with E-state index < -0.39 is 24.6 Å². The lowest BCUT2D eigenvalue weighted by Gasteiger charge is -2.16. The monoisotopic (exact) mass is 235 g/mol. The number of aliphatic hydroxyl groups is 2. The summed E-state index contributed by atoms with van der Waals surface area (Å²) in [4.78, 5) is 13.4. The Morgan fingerprint density at radius 3 is 2.76 bits per heavy atom. The minimum absolute atomic E-state index is 0.480. The van der Waals surface area contributed by atoms with Crippen LogP contribution in [0.2, 0.25) is 0 Å². The maximum Gasteiger partial charge on any atom is 0.306 e. The fourth-order valence-electron chi connectivity index (χ4n) is 1.77. The fourth-order valence-corrected chi connectivity index (χ4v) is 1.77. The summed E-state index contributed by atoms with van der Waals surface area (Å²) in [5.74, 6) is -1.14. The van der Waals surface area contributed by atoms with E-state index in [1.807, 2.05) is 6.07 Å². The van der Waals surface area contributed by atoms with Gasteiger partial charge in [-0.2, -0.15) is 0 Å². The van der Waals surface area contributed by atoms with Crippen LogP contribution in [0.15, 0.2) is 30.5 Å². The molecule has 2 unspecified atom stereocenters. The highest BCUT2D eigenvalue weighted by Crippen LogP contribution is 2.23. The van der Waals surface area contributed by atoms with E-state index in [2.05, 4.69) is 4.98 Å². The first kappa shape index (κ1) is 11.6. The van der Waals surface area contributed by atoms with Crippen molar-refractivity contribution in [3.63, 3.8) is 0 Å². The lowest BCUT2D eigenvalue weighted by atomic mass is 10.0. The van der Waals surface area contributed by atoms with E-state index in [1.165, 1.54) is 0 Å². The van der Waals surface area contributed by atoms with Crippen molar-refractivity contribution >= 4 is 16.9 Å². The predicted octanol–water partition coefficient (Wildman–Crippen LogP) is 1.04. The van der Waals surface area contributed by atoms with Gasteiger partial charge >= 0.3 is 5.97 Å². The zero-order chi connectivity index (χ0) is 12.4. The number of aromatic nitrogens is 1. The third-order valence-corrected chi connectivity index (χ3v) is 2.67. The number of carboxylic acid groups (broad SMARTS) is 1. The molecule has 0 amide bonds. The van der Waals surface area contributed by atoms with Gasteiger partial charge in [-0.05, 0) is 29.1 Å². The molecule has 0 aliphatic carbocycles. The lowest BCUT2D eigenvalue weighted by molar-refractivity contribution is -0.141. The van der Waals surface area contributed by atoms with Gasteiger partial charge in [-0.3, -0.25) is 4.79 Å². The normalized spacial score (nSPS) is 14.7. The fraction of sp³-hybridized carbons (Fsp3) is 0.250. The van der Waals surface area contributed by atoms with Gasteiger partial charge in [-0.25, -0.2) is 0 Å². The zero-order valence-electron chi connectivity index (χ0n) is 9.00. The molecule has 0 aliphatic heterocycles. The maximum atomic E-state index is 10.4. The molecule has 0 saturated heterocycles. The molecule has 0 fully saturated rings. The summed E-state index contributed by atoms with van der Waals surface area (Å²) in [6, 6.07) is 7.01. The van der Waals surface area contributed by atoms with Gasteiger partial charge < -0.3 is 20.3 Å². The van der Waals surface area contributed by atoms with Crippen molar-refractivity contribution in [1.82, 2.24) is 4.98 Å². The van der Waals surface area contributed by atoms with Crippen molar-refractivity contribution in [3.05, 3.63) is 36.0 Å².